The molecule has 0 fully saturated rings. The van der Waals surface area contributed by atoms with E-state index in [1.165, 1.54) is 7.11 Å². The van der Waals surface area contributed by atoms with Crippen LogP contribution in [-0.2, 0) is 4.74 Å². The molecule has 0 bridgehead atoms. The van der Waals surface area contributed by atoms with Crippen molar-refractivity contribution in [3.05, 3.63) is 29.8 Å². The smallest absolute Gasteiger partial charge is 0.496 e. The van der Waals surface area contributed by atoms with Crippen LogP contribution < -0.4 is 3.79 Å². The summed E-state index contributed by atoms with van der Waals surface area (Å²) < 4.78 is 9.68. The second kappa shape index (κ2) is 4.15. The summed E-state index contributed by atoms with van der Waals surface area (Å²) in [5.74, 6) is 0.234. The van der Waals surface area contributed by atoms with Crippen molar-refractivity contribution in [2.24, 2.45) is 0 Å². The SMILES string of the molecule is COC(=O)c1ccccc1[O][AlH2]. The van der Waals surface area contributed by atoms with E-state index >= 15 is 0 Å². The van der Waals surface area contributed by atoms with Crippen LogP contribution in [0.3, 0.4) is 0 Å². The molecule has 0 amide bonds. The van der Waals surface area contributed by atoms with Crippen LogP contribution in [0, 0.1) is 0 Å². The minimum Gasteiger partial charge on any atom is -0.647 e. The molecule has 0 aliphatic carbocycles. The van der Waals surface area contributed by atoms with E-state index in [4.69, 9.17) is 3.79 Å². The molecule has 4 heteroatoms. The Morgan fingerprint density at radius 3 is 2.67 bits per heavy atom. The number of hydrogen-bond acceptors (Lipinski definition) is 3. The van der Waals surface area contributed by atoms with Gasteiger partial charge in [0.25, 0.3) is 0 Å². The molecular formula is C8H9AlO3. The highest BCUT2D eigenvalue weighted by Gasteiger charge is 2.09. The summed E-state index contributed by atoms with van der Waals surface area (Å²) in [6.07, 6.45) is 0. The number of methoxy groups -OCH3 is 1. The first-order chi connectivity index (χ1) is 5.79. The molecule has 0 radical (unpaired) electrons. The van der Waals surface area contributed by atoms with Gasteiger partial charge in [-0.05, 0) is 12.1 Å². The molecule has 0 unspecified atom stereocenters. The highest BCUT2D eigenvalue weighted by Crippen LogP contribution is 2.17. The van der Waals surface area contributed by atoms with E-state index in [0.29, 0.717) is 27.9 Å². The first-order valence-electron chi connectivity index (χ1n) is 3.51. The van der Waals surface area contributed by atoms with Gasteiger partial charge in [-0.1, -0.05) is 12.1 Å². The summed E-state index contributed by atoms with van der Waals surface area (Å²) in [5.41, 5.74) is 0.481. The highest BCUT2D eigenvalue weighted by atomic mass is 27.1. The molecule has 0 aromatic heterocycles. The van der Waals surface area contributed by atoms with E-state index in [9.17, 15) is 4.79 Å². The van der Waals surface area contributed by atoms with Crippen LogP contribution >= 0.6 is 0 Å². The van der Waals surface area contributed by atoms with Gasteiger partial charge in [0.15, 0.2) is 0 Å². The minimum atomic E-state index is -0.360. The monoisotopic (exact) mass is 180 g/mol. The van der Waals surface area contributed by atoms with Crippen molar-refractivity contribution in [1.82, 2.24) is 0 Å². The number of benzene rings is 1. The number of para-hydroxylation sites is 1. The average molecular weight is 180 g/mol. The Labute approximate surface area is 79.0 Å². The third-order valence-corrected chi connectivity index (χ3v) is 1.95. The van der Waals surface area contributed by atoms with Gasteiger partial charge in [-0.2, -0.15) is 0 Å². The summed E-state index contributed by atoms with van der Waals surface area (Å²) in [6, 6.07) is 7.02. The van der Waals surface area contributed by atoms with Crippen molar-refractivity contribution in [2.45, 2.75) is 0 Å². The summed E-state index contributed by atoms with van der Waals surface area (Å²) in [4.78, 5) is 11.1. The Bertz CT molecular complexity index is 285. The molecule has 1 aromatic rings. The van der Waals surface area contributed by atoms with Crippen LogP contribution in [0.25, 0.3) is 0 Å². The van der Waals surface area contributed by atoms with E-state index in [-0.39, 0.29) is 5.97 Å². The highest BCUT2D eigenvalue weighted by molar-refractivity contribution is 6.02. The van der Waals surface area contributed by atoms with Gasteiger partial charge < -0.3 is 8.53 Å². The van der Waals surface area contributed by atoms with Crippen LogP contribution in [0.5, 0.6) is 5.75 Å². The molecule has 12 heavy (non-hydrogen) atoms. The molecule has 0 aliphatic rings. The van der Waals surface area contributed by atoms with Gasteiger partial charge in [-0.25, -0.2) is 4.79 Å². The van der Waals surface area contributed by atoms with E-state index in [1.54, 1.807) is 18.2 Å². The van der Waals surface area contributed by atoms with Gasteiger partial charge >= 0.3 is 22.6 Å². The predicted octanol–water partition coefficient (Wildman–Crippen LogP) is 0.400. The van der Waals surface area contributed by atoms with E-state index in [1.807, 2.05) is 6.07 Å². The molecule has 0 spiro atoms. The zero-order valence-corrected chi connectivity index (χ0v) is 9.03. The fourth-order valence-corrected chi connectivity index (χ4v) is 1.28. The molecule has 0 aliphatic heterocycles. The van der Waals surface area contributed by atoms with Crippen LogP contribution in [-0.4, -0.2) is 29.7 Å². The average Bonchev–Trinajstić information content (AvgIpc) is 2.16. The maximum Gasteiger partial charge on any atom is 0.496 e. The molecule has 1 rings (SSSR count). The summed E-state index contributed by atoms with van der Waals surface area (Å²) in [7, 11) is 1.35. The third kappa shape index (κ3) is 1.79. The number of esters is 1. The van der Waals surface area contributed by atoms with Crippen molar-refractivity contribution >= 4 is 22.6 Å². The van der Waals surface area contributed by atoms with Crippen LogP contribution in [0.1, 0.15) is 10.4 Å². The summed E-state index contributed by atoms with van der Waals surface area (Å²) >= 11 is 0.566. The molecule has 0 saturated heterocycles. The second-order valence-corrected chi connectivity index (χ2v) is 2.60. The van der Waals surface area contributed by atoms with E-state index < -0.39 is 0 Å². The normalized spacial score (nSPS) is 9.08. The Hall–Kier alpha value is -0.978. The van der Waals surface area contributed by atoms with Gasteiger partial charge in [0.05, 0.1) is 18.4 Å². The molecule has 1 aromatic carbocycles. The predicted molar refractivity (Wildman–Crippen MR) is 47.0 cm³/mol. The Morgan fingerprint density at radius 1 is 1.42 bits per heavy atom. The molecule has 0 saturated carbocycles. The third-order valence-electron chi connectivity index (χ3n) is 1.51. The lowest BCUT2D eigenvalue weighted by Crippen LogP contribution is -2.03. The molecular weight excluding hydrogens is 171 g/mol. The Balaban J connectivity index is 3.04. The van der Waals surface area contributed by atoms with Crippen molar-refractivity contribution in [1.29, 1.82) is 0 Å². The van der Waals surface area contributed by atoms with Crippen LogP contribution in [0.15, 0.2) is 24.3 Å². The summed E-state index contributed by atoms with van der Waals surface area (Å²) in [6.45, 7) is 0. The fourth-order valence-electron chi connectivity index (χ4n) is 0.923. The minimum absolute atomic E-state index is 0.360. The first kappa shape index (κ1) is 9.11. The zero-order chi connectivity index (χ0) is 8.97. The van der Waals surface area contributed by atoms with Gasteiger partial charge in [-0.15, -0.1) is 0 Å². The van der Waals surface area contributed by atoms with Gasteiger partial charge in [-0.3, -0.25) is 0 Å². The van der Waals surface area contributed by atoms with E-state index in [0.717, 1.165) is 0 Å². The lowest BCUT2D eigenvalue weighted by Gasteiger charge is -2.06. The van der Waals surface area contributed by atoms with Crippen LogP contribution in [0.4, 0.5) is 0 Å². The first-order valence-corrected chi connectivity index (χ1v) is 4.32. The number of ether oxygens (including phenoxy) is 1. The molecule has 0 N–H and O–H groups in total. The quantitative estimate of drug-likeness (QED) is 0.488. The second-order valence-electron chi connectivity index (χ2n) is 2.19. The van der Waals surface area contributed by atoms with Crippen molar-refractivity contribution in [2.75, 3.05) is 7.11 Å². The van der Waals surface area contributed by atoms with Gasteiger partial charge in [0.2, 0.25) is 0 Å². The maximum absolute atomic E-state index is 11.1. The Morgan fingerprint density at radius 2 is 2.08 bits per heavy atom. The number of rotatable bonds is 2. The lowest BCUT2D eigenvalue weighted by molar-refractivity contribution is 0.0599. The molecule has 3 nitrogen and oxygen atoms in total. The van der Waals surface area contributed by atoms with Gasteiger partial charge in [0.1, 0.15) is 0 Å². The van der Waals surface area contributed by atoms with E-state index in [2.05, 4.69) is 4.74 Å². The number of hydrogen-bond donors (Lipinski definition) is 0. The number of carbonyl (C=O) groups excluding carboxylic acids is 1. The largest absolute Gasteiger partial charge is 0.647 e. The maximum atomic E-state index is 11.1. The fraction of sp³-hybridized carbons (Fsp3) is 0.125. The zero-order valence-electron chi connectivity index (χ0n) is 7.03. The van der Waals surface area contributed by atoms with Gasteiger partial charge in [0, 0.05) is 0 Å². The standard InChI is InChI=1S/C8H8O3.Al.2H/c1-11-8(10)6-4-2-3-5-7(6)9;;;/h2-5,9H,1H3;;;/q;+1;;/p-1. The lowest BCUT2D eigenvalue weighted by atomic mass is 10.2. The van der Waals surface area contributed by atoms with Crippen LogP contribution in [0.2, 0.25) is 0 Å². The molecule has 0 atom stereocenters. The van der Waals surface area contributed by atoms with Crippen molar-refractivity contribution < 1.29 is 13.3 Å². The summed E-state index contributed by atoms with van der Waals surface area (Å²) in [5, 5.41) is 0. The molecule has 0 heterocycles. The van der Waals surface area contributed by atoms with Crippen molar-refractivity contribution in [3.63, 3.8) is 0 Å². The topological polar surface area (TPSA) is 35.5 Å². The number of carbonyl (C=O) groups is 1. The van der Waals surface area contributed by atoms with Crippen molar-refractivity contribution in [3.8, 4) is 5.75 Å². The Kier molecular flexibility index (Phi) is 3.15. The molecule has 62 valence electrons.